The maximum atomic E-state index is 12.7. The van der Waals surface area contributed by atoms with Gasteiger partial charge in [-0.2, -0.15) is 0 Å². The highest BCUT2D eigenvalue weighted by Gasteiger charge is 2.12. The molecule has 3 heteroatoms. The van der Waals surface area contributed by atoms with Crippen LogP contribution in [0.3, 0.4) is 0 Å². The van der Waals surface area contributed by atoms with E-state index in [1.807, 2.05) is 64.1 Å². The molecular weight excluding hydrogens is 248 g/mol. The van der Waals surface area contributed by atoms with E-state index in [0.29, 0.717) is 5.49 Å². The first-order valence-corrected chi connectivity index (χ1v) is 6.83. The van der Waals surface area contributed by atoms with Crippen LogP contribution in [0.1, 0.15) is 35.3 Å². The van der Waals surface area contributed by atoms with Crippen molar-refractivity contribution >= 4 is 5.91 Å². The molecule has 0 aliphatic carbocycles. The molecule has 0 unspecified atom stereocenters. The van der Waals surface area contributed by atoms with Crippen LogP contribution >= 0.6 is 0 Å². The molecule has 2 rings (SSSR count). The third kappa shape index (κ3) is 2.87. The largest absolute Gasteiger partial charge is 0.268 e. The SMILES string of the molecule is Cc1cccc(C(=O)n2ccccc2=NC(C)C)c1C. The van der Waals surface area contributed by atoms with Crippen molar-refractivity contribution in [3.63, 3.8) is 0 Å². The Balaban J connectivity index is 2.58. The molecule has 0 spiro atoms. The summed E-state index contributed by atoms with van der Waals surface area (Å²) in [6.45, 7) is 7.99. The highest BCUT2D eigenvalue weighted by atomic mass is 16.2. The van der Waals surface area contributed by atoms with Gasteiger partial charge < -0.3 is 0 Å². The summed E-state index contributed by atoms with van der Waals surface area (Å²) in [6, 6.07) is 11.6. The monoisotopic (exact) mass is 268 g/mol. The summed E-state index contributed by atoms with van der Waals surface area (Å²) in [6.07, 6.45) is 1.77. The summed E-state index contributed by atoms with van der Waals surface area (Å²) in [5.41, 5.74) is 3.55. The van der Waals surface area contributed by atoms with Crippen LogP contribution in [0.4, 0.5) is 0 Å². The van der Waals surface area contributed by atoms with Crippen LogP contribution in [-0.2, 0) is 0 Å². The molecular formula is C17H20N2O. The maximum Gasteiger partial charge on any atom is 0.263 e. The number of benzene rings is 1. The lowest BCUT2D eigenvalue weighted by Gasteiger charge is -2.10. The van der Waals surface area contributed by atoms with E-state index in [1.54, 1.807) is 10.8 Å². The molecule has 0 saturated carbocycles. The Hall–Kier alpha value is -2.16. The summed E-state index contributed by atoms with van der Waals surface area (Å²) >= 11 is 0. The fourth-order valence-corrected chi connectivity index (χ4v) is 2.09. The number of hydrogen-bond donors (Lipinski definition) is 0. The van der Waals surface area contributed by atoms with Crippen molar-refractivity contribution in [3.8, 4) is 0 Å². The number of rotatable bonds is 2. The fraction of sp³-hybridized carbons (Fsp3) is 0.294. The van der Waals surface area contributed by atoms with E-state index >= 15 is 0 Å². The van der Waals surface area contributed by atoms with Crippen molar-refractivity contribution < 1.29 is 4.79 Å². The topological polar surface area (TPSA) is 34.4 Å². The van der Waals surface area contributed by atoms with Gasteiger partial charge in [-0.3, -0.25) is 14.4 Å². The van der Waals surface area contributed by atoms with E-state index in [2.05, 4.69) is 4.99 Å². The first-order valence-electron chi connectivity index (χ1n) is 6.83. The number of carbonyl (C=O) groups excluding carboxylic acids is 1. The van der Waals surface area contributed by atoms with E-state index in [-0.39, 0.29) is 11.9 Å². The summed E-state index contributed by atoms with van der Waals surface area (Å²) in [5, 5.41) is 0. The van der Waals surface area contributed by atoms with Gasteiger partial charge in [-0.1, -0.05) is 18.2 Å². The molecule has 0 atom stereocenters. The van der Waals surface area contributed by atoms with Crippen LogP contribution < -0.4 is 5.49 Å². The summed E-state index contributed by atoms with van der Waals surface area (Å²) in [4.78, 5) is 17.2. The zero-order chi connectivity index (χ0) is 14.7. The Morgan fingerprint density at radius 2 is 1.85 bits per heavy atom. The molecule has 2 aromatic rings. The second kappa shape index (κ2) is 5.87. The van der Waals surface area contributed by atoms with E-state index in [1.165, 1.54) is 0 Å². The minimum Gasteiger partial charge on any atom is -0.268 e. The van der Waals surface area contributed by atoms with E-state index in [0.717, 1.165) is 16.7 Å². The predicted molar refractivity (Wildman–Crippen MR) is 80.8 cm³/mol. The molecule has 3 nitrogen and oxygen atoms in total. The number of aryl methyl sites for hydroxylation is 1. The Morgan fingerprint density at radius 3 is 2.55 bits per heavy atom. The molecule has 1 aromatic carbocycles. The van der Waals surface area contributed by atoms with Gasteiger partial charge in [0.2, 0.25) is 0 Å². The summed E-state index contributed by atoms with van der Waals surface area (Å²) in [5.74, 6) is -0.0359. The average Bonchev–Trinajstić information content (AvgIpc) is 2.41. The summed E-state index contributed by atoms with van der Waals surface area (Å²) < 4.78 is 1.61. The number of pyridine rings is 1. The Kier molecular flexibility index (Phi) is 4.18. The van der Waals surface area contributed by atoms with Gasteiger partial charge >= 0.3 is 0 Å². The molecule has 0 radical (unpaired) electrons. The minimum absolute atomic E-state index is 0.0359. The minimum atomic E-state index is -0.0359. The standard InChI is InChI=1S/C17H20N2O/c1-12(2)18-16-10-5-6-11-19(16)17(20)15-9-7-8-13(3)14(15)4/h5-12H,1-4H3. The van der Waals surface area contributed by atoms with Crippen LogP contribution in [-0.4, -0.2) is 16.5 Å². The zero-order valence-corrected chi connectivity index (χ0v) is 12.4. The second-order valence-electron chi connectivity index (χ2n) is 5.20. The lowest BCUT2D eigenvalue weighted by Crippen LogP contribution is -2.28. The third-order valence-electron chi connectivity index (χ3n) is 3.28. The number of aromatic nitrogens is 1. The molecule has 0 aliphatic rings. The Morgan fingerprint density at radius 1 is 1.10 bits per heavy atom. The maximum absolute atomic E-state index is 12.7. The quantitative estimate of drug-likeness (QED) is 0.824. The van der Waals surface area contributed by atoms with Crippen LogP contribution in [0.25, 0.3) is 0 Å². The molecule has 20 heavy (non-hydrogen) atoms. The Bertz CT molecular complexity index is 696. The van der Waals surface area contributed by atoms with Gasteiger partial charge in [0.05, 0.1) is 0 Å². The summed E-state index contributed by atoms with van der Waals surface area (Å²) in [7, 11) is 0. The number of carbonyl (C=O) groups is 1. The molecule has 0 fully saturated rings. The number of nitrogens with zero attached hydrogens (tertiary/aromatic N) is 2. The van der Waals surface area contributed by atoms with Gasteiger partial charge in [-0.25, -0.2) is 0 Å². The van der Waals surface area contributed by atoms with Crippen molar-refractivity contribution in [2.75, 3.05) is 0 Å². The molecule has 0 saturated heterocycles. The lowest BCUT2D eigenvalue weighted by molar-refractivity contribution is 0.0954. The fourth-order valence-electron chi connectivity index (χ4n) is 2.09. The molecule has 0 amide bonds. The van der Waals surface area contributed by atoms with Crippen molar-refractivity contribution in [1.29, 1.82) is 0 Å². The van der Waals surface area contributed by atoms with Crippen LogP contribution in [0.15, 0.2) is 47.6 Å². The highest BCUT2D eigenvalue weighted by Crippen LogP contribution is 2.13. The first-order chi connectivity index (χ1) is 9.50. The van der Waals surface area contributed by atoms with Gasteiger partial charge in [0.1, 0.15) is 5.49 Å². The van der Waals surface area contributed by atoms with Crippen LogP contribution in [0, 0.1) is 13.8 Å². The van der Waals surface area contributed by atoms with E-state index in [9.17, 15) is 4.79 Å². The van der Waals surface area contributed by atoms with Gasteiger partial charge in [0, 0.05) is 17.8 Å². The zero-order valence-electron chi connectivity index (χ0n) is 12.4. The van der Waals surface area contributed by atoms with Crippen molar-refractivity contribution in [2.45, 2.75) is 33.7 Å². The molecule has 1 heterocycles. The Labute approximate surface area is 119 Å². The molecule has 0 bridgehead atoms. The predicted octanol–water partition coefficient (Wildman–Crippen LogP) is 3.10. The molecule has 0 aliphatic heterocycles. The second-order valence-corrected chi connectivity index (χ2v) is 5.20. The van der Waals surface area contributed by atoms with Gasteiger partial charge in [0.25, 0.3) is 5.91 Å². The first kappa shape index (κ1) is 14.3. The van der Waals surface area contributed by atoms with Crippen LogP contribution in [0.5, 0.6) is 0 Å². The van der Waals surface area contributed by atoms with Crippen molar-refractivity contribution in [1.82, 2.24) is 4.57 Å². The number of hydrogen-bond acceptors (Lipinski definition) is 2. The average molecular weight is 268 g/mol. The van der Waals surface area contributed by atoms with Crippen molar-refractivity contribution in [2.24, 2.45) is 4.99 Å². The smallest absolute Gasteiger partial charge is 0.263 e. The van der Waals surface area contributed by atoms with Crippen LogP contribution in [0.2, 0.25) is 0 Å². The van der Waals surface area contributed by atoms with Gasteiger partial charge in [-0.05, 0) is 57.0 Å². The van der Waals surface area contributed by atoms with E-state index < -0.39 is 0 Å². The van der Waals surface area contributed by atoms with E-state index in [4.69, 9.17) is 0 Å². The lowest BCUT2D eigenvalue weighted by atomic mass is 10.0. The highest BCUT2D eigenvalue weighted by molar-refractivity contribution is 5.97. The molecule has 0 N–H and O–H groups in total. The third-order valence-corrected chi connectivity index (χ3v) is 3.28. The normalized spacial score (nSPS) is 11.9. The molecule has 104 valence electrons. The molecule has 1 aromatic heterocycles. The van der Waals surface area contributed by atoms with Gasteiger partial charge in [0.15, 0.2) is 0 Å². The van der Waals surface area contributed by atoms with Gasteiger partial charge in [-0.15, -0.1) is 0 Å². The van der Waals surface area contributed by atoms with Crippen molar-refractivity contribution in [3.05, 3.63) is 64.8 Å².